The van der Waals surface area contributed by atoms with Crippen LogP contribution in [0.5, 0.6) is 11.5 Å². The summed E-state index contributed by atoms with van der Waals surface area (Å²) in [6.07, 6.45) is 1.03. The van der Waals surface area contributed by atoms with Crippen LogP contribution in [0.2, 0.25) is 5.02 Å². The van der Waals surface area contributed by atoms with Crippen molar-refractivity contribution in [3.05, 3.63) is 52.8 Å². The van der Waals surface area contributed by atoms with E-state index in [9.17, 15) is 5.11 Å². The van der Waals surface area contributed by atoms with Crippen molar-refractivity contribution in [2.24, 2.45) is 0 Å². The Morgan fingerprint density at radius 1 is 1.33 bits per heavy atom. The highest BCUT2D eigenvalue weighted by atomic mass is 35.5. The van der Waals surface area contributed by atoms with Gasteiger partial charge in [0.25, 0.3) is 0 Å². The van der Waals surface area contributed by atoms with E-state index >= 15 is 0 Å². The number of halogens is 1. The minimum Gasteiger partial charge on any atom is -0.454 e. The fourth-order valence-corrected chi connectivity index (χ4v) is 3.08. The Bertz CT molecular complexity index is 773. The molecule has 1 unspecified atom stereocenters. The maximum atomic E-state index is 10.5. The predicted molar refractivity (Wildman–Crippen MR) is 81.2 cm³/mol. The van der Waals surface area contributed by atoms with Crippen molar-refractivity contribution in [3.8, 4) is 11.5 Å². The van der Waals surface area contributed by atoms with Crippen LogP contribution >= 0.6 is 11.6 Å². The molecule has 3 heterocycles. The average Bonchev–Trinajstić information content (AvgIpc) is 2.68. The molecule has 1 atom stereocenters. The normalized spacial score (nSPS) is 20.4. The van der Waals surface area contributed by atoms with Gasteiger partial charge in [-0.15, -0.1) is 0 Å². The average molecular weight is 301 g/mol. The van der Waals surface area contributed by atoms with Gasteiger partial charge in [-0.2, -0.15) is 0 Å². The zero-order valence-electron chi connectivity index (χ0n) is 11.4. The summed E-state index contributed by atoms with van der Waals surface area (Å²) in [4.78, 5) is 6.29. The Labute approximate surface area is 127 Å². The second kappa shape index (κ2) is 4.56. The van der Waals surface area contributed by atoms with Crippen molar-refractivity contribution in [2.75, 3.05) is 13.6 Å². The SMILES string of the molecule is CN1CC2=C(c3ncccc3Oc3cc(Cl)ccc32)C1O. The number of nitrogens with zero attached hydrogens (tertiary/aromatic N) is 2. The number of aliphatic hydroxyl groups excluding tert-OH is 1. The summed E-state index contributed by atoms with van der Waals surface area (Å²) < 4.78 is 5.98. The van der Waals surface area contributed by atoms with Gasteiger partial charge in [-0.05, 0) is 36.9 Å². The summed E-state index contributed by atoms with van der Waals surface area (Å²) >= 11 is 6.09. The molecule has 2 aliphatic heterocycles. The Kier molecular flexibility index (Phi) is 2.79. The smallest absolute Gasteiger partial charge is 0.153 e. The van der Waals surface area contributed by atoms with E-state index < -0.39 is 6.23 Å². The zero-order chi connectivity index (χ0) is 14.6. The van der Waals surface area contributed by atoms with E-state index in [-0.39, 0.29) is 0 Å². The van der Waals surface area contributed by atoms with Crippen LogP contribution in [-0.2, 0) is 0 Å². The minimum atomic E-state index is -0.682. The molecule has 4 nitrogen and oxygen atoms in total. The lowest BCUT2D eigenvalue weighted by atomic mass is 9.99. The van der Waals surface area contributed by atoms with Crippen molar-refractivity contribution in [1.29, 1.82) is 0 Å². The van der Waals surface area contributed by atoms with Gasteiger partial charge in [0.05, 0.1) is 0 Å². The molecular formula is C16H13ClN2O2. The molecule has 0 bridgehead atoms. The number of hydrogen-bond acceptors (Lipinski definition) is 4. The minimum absolute atomic E-state index is 0.621. The number of aromatic nitrogens is 1. The first-order chi connectivity index (χ1) is 10.1. The van der Waals surface area contributed by atoms with Gasteiger partial charge in [0.1, 0.15) is 17.7 Å². The molecule has 106 valence electrons. The van der Waals surface area contributed by atoms with Crippen LogP contribution in [0.4, 0.5) is 0 Å². The molecule has 0 fully saturated rings. The van der Waals surface area contributed by atoms with E-state index in [1.54, 1.807) is 12.3 Å². The van der Waals surface area contributed by atoms with E-state index in [2.05, 4.69) is 4.98 Å². The lowest BCUT2D eigenvalue weighted by Crippen LogP contribution is -2.27. The van der Waals surface area contributed by atoms with Gasteiger partial charge >= 0.3 is 0 Å². The lowest BCUT2D eigenvalue weighted by Gasteiger charge is -2.18. The molecule has 4 rings (SSSR count). The number of ether oxygens (including phenoxy) is 1. The van der Waals surface area contributed by atoms with Gasteiger partial charge in [-0.3, -0.25) is 9.88 Å². The third kappa shape index (κ3) is 1.87. The van der Waals surface area contributed by atoms with Crippen molar-refractivity contribution >= 4 is 22.7 Å². The van der Waals surface area contributed by atoms with Gasteiger partial charge in [-0.25, -0.2) is 0 Å². The number of pyridine rings is 1. The summed E-state index contributed by atoms with van der Waals surface area (Å²) in [6, 6.07) is 9.25. The summed E-state index contributed by atoms with van der Waals surface area (Å²) in [5.41, 5.74) is 3.50. The quantitative estimate of drug-likeness (QED) is 0.812. The summed E-state index contributed by atoms with van der Waals surface area (Å²) in [7, 11) is 1.89. The second-order valence-corrected chi connectivity index (χ2v) is 5.71. The van der Waals surface area contributed by atoms with Crippen LogP contribution in [0.15, 0.2) is 36.5 Å². The second-order valence-electron chi connectivity index (χ2n) is 5.27. The molecule has 1 aromatic carbocycles. The largest absolute Gasteiger partial charge is 0.454 e. The Morgan fingerprint density at radius 3 is 3.05 bits per heavy atom. The zero-order valence-corrected chi connectivity index (χ0v) is 12.1. The summed E-state index contributed by atoms with van der Waals surface area (Å²) in [5, 5.41) is 11.1. The van der Waals surface area contributed by atoms with Crippen LogP contribution < -0.4 is 4.74 Å². The molecule has 1 N–H and O–H groups in total. The fraction of sp³-hybridized carbons (Fsp3) is 0.188. The standard InChI is InChI=1S/C16H13ClN2O2/c1-19-8-11-10-5-4-9(17)7-13(10)21-12-3-2-6-18-15(12)14(11)16(19)20/h2-7,16,20H,8H2,1H3. The number of rotatable bonds is 0. The van der Waals surface area contributed by atoms with Crippen molar-refractivity contribution in [3.63, 3.8) is 0 Å². The van der Waals surface area contributed by atoms with Crippen LogP contribution in [0.25, 0.3) is 11.1 Å². The van der Waals surface area contributed by atoms with Crippen LogP contribution in [0.1, 0.15) is 11.3 Å². The number of hydrogen-bond donors (Lipinski definition) is 1. The first-order valence-corrected chi connectivity index (χ1v) is 7.07. The first-order valence-electron chi connectivity index (χ1n) is 6.69. The molecule has 0 amide bonds. The monoisotopic (exact) mass is 300 g/mol. The predicted octanol–water partition coefficient (Wildman–Crippen LogP) is 3.02. The molecule has 0 saturated heterocycles. The molecule has 2 aliphatic rings. The van der Waals surface area contributed by atoms with Gasteiger partial charge in [0.15, 0.2) is 5.75 Å². The lowest BCUT2D eigenvalue weighted by molar-refractivity contribution is 0.0919. The van der Waals surface area contributed by atoms with E-state index in [0.717, 1.165) is 16.7 Å². The number of benzene rings is 1. The molecule has 0 spiro atoms. The third-order valence-corrected chi connectivity index (χ3v) is 4.16. The molecule has 21 heavy (non-hydrogen) atoms. The molecule has 5 heteroatoms. The molecule has 2 aromatic rings. The number of fused-ring (bicyclic) bond motifs is 4. The van der Waals surface area contributed by atoms with Crippen molar-refractivity contribution in [1.82, 2.24) is 9.88 Å². The van der Waals surface area contributed by atoms with E-state index in [0.29, 0.717) is 28.8 Å². The van der Waals surface area contributed by atoms with Crippen molar-refractivity contribution < 1.29 is 9.84 Å². The van der Waals surface area contributed by atoms with E-state index in [1.165, 1.54) is 0 Å². The molecular weight excluding hydrogens is 288 g/mol. The molecule has 0 aliphatic carbocycles. The highest BCUT2D eigenvalue weighted by molar-refractivity contribution is 6.30. The Morgan fingerprint density at radius 2 is 2.19 bits per heavy atom. The highest BCUT2D eigenvalue weighted by Crippen LogP contribution is 2.46. The third-order valence-electron chi connectivity index (χ3n) is 3.92. The highest BCUT2D eigenvalue weighted by Gasteiger charge is 2.35. The Balaban J connectivity index is 2.04. The number of aliphatic hydroxyl groups is 1. The molecule has 0 radical (unpaired) electrons. The fourth-order valence-electron chi connectivity index (χ4n) is 2.92. The van der Waals surface area contributed by atoms with Crippen LogP contribution in [-0.4, -0.2) is 34.8 Å². The van der Waals surface area contributed by atoms with E-state index in [1.807, 2.05) is 36.2 Å². The number of likely N-dealkylation sites (N-methyl/N-ethyl adjacent to an activating group) is 1. The molecule has 1 aromatic heterocycles. The van der Waals surface area contributed by atoms with Gasteiger partial charge < -0.3 is 9.84 Å². The van der Waals surface area contributed by atoms with Crippen molar-refractivity contribution in [2.45, 2.75) is 6.23 Å². The first kappa shape index (κ1) is 12.8. The summed E-state index contributed by atoms with van der Waals surface area (Å²) in [6.45, 7) is 0.643. The maximum absolute atomic E-state index is 10.5. The van der Waals surface area contributed by atoms with Crippen LogP contribution in [0, 0.1) is 0 Å². The van der Waals surface area contributed by atoms with Gasteiger partial charge in [0, 0.05) is 35.0 Å². The van der Waals surface area contributed by atoms with Crippen LogP contribution in [0.3, 0.4) is 0 Å². The maximum Gasteiger partial charge on any atom is 0.153 e. The summed E-state index contributed by atoms with van der Waals surface area (Å²) in [5.74, 6) is 1.34. The Hall–Kier alpha value is -1.88. The topological polar surface area (TPSA) is 45.6 Å². The van der Waals surface area contributed by atoms with E-state index in [4.69, 9.17) is 16.3 Å². The van der Waals surface area contributed by atoms with Gasteiger partial charge in [0.2, 0.25) is 0 Å². The van der Waals surface area contributed by atoms with Gasteiger partial charge in [-0.1, -0.05) is 11.6 Å². The molecule has 0 saturated carbocycles.